The van der Waals surface area contributed by atoms with Crippen molar-refractivity contribution >= 4 is 28.9 Å². The summed E-state index contributed by atoms with van der Waals surface area (Å²) in [5, 5.41) is 7.75. The van der Waals surface area contributed by atoms with Crippen LogP contribution in [0.15, 0.2) is 24.3 Å². The fourth-order valence-corrected chi connectivity index (χ4v) is 3.88. The van der Waals surface area contributed by atoms with Gasteiger partial charge in [0.15, 0.2) is 6.61 Å². The first-order valence-corrected chi connectivity index (χ1v) is 10.2. The standard InChI is InChI=1S/C21H24N4O3S/c1-6-15-7-9-16(10-8-15)20-22-13(3)19(29-20)21(27)28-11-17(26)23-18-12(2)24-25(5)14(18)4/h7-10H,6,11H2,1-5H3,(H,23,26). The summed E-state index contributed by atoms with van der Waals surface area (Å²) in [6.45, 7) is 7.16. The number of aromatic nitrogens is 3. The molecule has 0 atom stereocenters. The molecule has 0 unspecified atom stereocenters. The van der Waals surface area contributed by atoms with Crippen LogP contribution in [0.5, 0.6) is 0 Å². The fourth-order valence-electron chi connectivity index (χ4n) is 2.92. The number of thiazole rings is 1. The van der Waals surface area contributed by atoms with Gasteiger partial charge in [0.1, 0.15) is 9.88 Å². The van der Waals surface area contributed by atoms with Gasteiger partial charge in [0.2, 0.25) is 0 Å². The van der Waals surface area contributed by atoms with Crippen molar-refractivity contribution in [3.63, 3.8) is 0 Å². The molecule has 3 rings (SSSR count). The van der Waals surface area contributed by atoms with E-state index in [1.54, 1.807) is 18.7 Å². The topological polar surface area (TPSA) is 86.1 Å². The number of amides is 1. The van der Waals surface area contributed by atoms with Gasteiger partial charge in [-0.1, -0.05) is 31.2 Å². The number of rotatable bonds is 6. The third kappa shape index (κ3) is 4.54. The molecule has 7 nitrogen and oxygen atoms in total. The maximum Gasteiger partial charge on any atom is 0.350 e. The number of aryl methyl sites for hydroxylation is 4. The van der Waals surface area contributed by atoms with E-state index in [1.165, 1.54) is 16.9 Å². The van der Waals surface area contributed by atoms with Crippen molar-refractivity contribution in [3.05, 3.63) is 51.8 Å². The highest BCUT2D eigenvalue weighted by atomic mass is 32.1. The van der Waals surface area contributed by atoms with E-state index in [4.69, 9.17) is 4.74 Å². The Bertz CT molecular complexity index is 1050. The quantitative estimate of drug-likeness (QED) is 0.622. The Labute approximate surface area is 173 Å². The molecule has 1 amide bonds. The van der Waals surface area contributed by atoms with E-state index in [-0.39, 0.29) is 6.61 Å². The van der Waals surface area contributed by atoms with Crippen LogP contribution >= 0.6 is 11.3 Å². The van der Waals surface area contributed by atoms with Crippen LogP contribution in [-0.4, -0.2) is 33.2 Å². The van der Waals surface area contributed by atoms with E-state index < -0.39 is 11.9 Å². The molecule has 0 fully saturated rings. The zero-order valence-electron chi connectivity index (χ0n) is 17.2. The number of anilines is 1. The largest absolute Gasteiger partial charge is 0.451 e. The second-order valence-electron chi connectivity index (χ2n) is 6.78. The van der Waals surface area contributed by atoms with Crippen LogP contribution in [0.1, 0.15) is 39.2 Å². The molecular formula is C21H24N4O3S. The molecule has 2 aromatic heterocycles. The minimum Gasteiger partial charge on any atom is -0.451 e. The van der Waals surface area contributed by atoms with Crippen LogP contribution < -0.4 is 5.32 Å². The lowest BCUT2D eigenvalue weighted by Crippen LogP contribution is -2.21. The van der Waals surface area contributed by atoms with Crippen molar-refractivity contribution in [2.45, 2.75) is 34.1 Å². The number of hydrogen-bond acceptors (Lipinski definition) is 6. The Kier molecular flexibility index (Phi) is 6.12. The summed E-state index contributed by atoms with van der Waals surface area (Å²) in [5.74, 6) is -0.957. The number of hydrogen-bond donors (Lipinski definition) is 1. The molecule has 152 valence electrons. The zero-order valence-corrected chi connectivity index (χ0v) is 18.0. The third-order valence-corrected chi connectivity index (χ3v) is 5.89. The average molecular weight is 413 g/mol. The molecule has 0 saturated heterocycles. The molecule has 0 bridgehead atoms. The highest BCUT2D eigenvalue weighted by Gasteiger charge is 2.19. The first-order valence-electron chi connectivity index (χ1n) is 9.34. The van der Waals surface area contributed by atoms with Crippen molar-refractivity contribution in [1.29, 1.82) is 0 Å². The van der Waals surface area contributed by atoms with Crippen molar-refractivity contribution in [2.24, 2.45) is 7.05 Å². The second kappa shape index (κ2) is 8.57. The lowest BCUT2D eigenvalue weighted by molar-refractivity contribution is -0.119. The summed E-state index contributed by atoms with van der Waals surface area (Å²) < 4.78 is 6.89. The van der Waals surface area contributed by atoms with Crippen LogP contribution in [0.25, 0.3) is 10.6 Å². The molecule has 2 heterocycles. The predicted octanol–water partition coefficient (Wildman–Crippen LogP) is 3.83. The Morgan fingerprint density at radius 1 is 1.14 bits per heavy atom. The summed E-state index contributed by atoms with van der Waals surface area (Å²) in [6, 6.07) is 8.10. The highest BCUT2D eigenvalue weighted by molar-refractivity contribution is 7.17. The van der Waals surface area contributed by atoms with E-state index in [0.29, 0.717) is 22.0 Å². The van der Waals surface area contributed by atoms with Gasteiger partial charge < -0.3 is 10.1 Å². The molecule has 1 aromatic carbocycles. The Hall–Kier alpha value is -3.00. The number of ether oxygens (including phenoxy) is 1. The summed E-state index contributed by atoms with van der Waals surface area (Å²) in [5.41, 5.74) is 4.97. The lowest BCUT2D eigenvalue weighted by Gasteiger charge is -2.06. The van der Waals surface area contributed by atoms with E-state index in [9.17, 15) is 9.59 Å². The van der Waals surface area contributed by atoms with Gasteiger partial charge in [-0.2, -0.15) is 5.10 Å². The Balaban J connectivity index is 1.64. The van der Waals surface area contributed by atoms with Crippen LogP contribution in [0.4, 0.5) is 5.69 Å². The first kappa shape index (κ1) is 20.7. The molecule has 29 heavy (non-hydrogen) atoms. The first-order chi connectivity index (χ1) is 13.8. The number of esters is 1. The van der Waals surface area contributed by atoms with E-state index in [1.807, 2.05) is 26.0 Å². The van der Waals surface area contributed by atoms with E-state index >= 15 is 0 Å². The van der Waals surface area contributed by atoms with E-state index in [2.05, 4.69) is 34.5 Å². The van der Waals surface area contributed by atoms with Crippen LogP contribution in [0, 0.1) is 20.8 Å². The molecule has 0 aliphatic heterocycles. The normalized spacial score (nSPS) is 10.8. The van der Waals surface area contributed by atoms with Gasteiger partial charge in [0.05, 0.1) is 22.8 Å². The van der Waals surface area contributed by atoms with Gasteiger partial charge in [0.25, 0.3) is 5.91 Å². The summed E-state index contributed by atoms with van der Waals surface area (Å²) in [7, 11) is 1.80. The Morgan fingerprint density at radius 2 is 1.83 bits per heavy atom. The van der Waals surface area contributed by atoms with Crippen molar-refractivity contribution < 1.29 is 14.3 Å². The van der Waals surface area contributed by atoms with Gasteiger partial charge in [-0.15, -0.1) is 11.3 Å². The average Bonchev–Trinajstić information content (AvgIpc) is 3.21. The molecule has 3 aromatic rings. The number of carbonyl (C=O) groups excluding carboxylic acids is 2. The Morgan fingerprint density at radius 3 is 2.41 bits per heavy atom. The van der Waals surface area contributed by atoms with Crippen LogP contribution in [0.3, 0.4) is 0 Å². The molecule has 8 heteroatoms. The number of nitrogens with one attached hydrogen (secondary N) is 1. The smallest absolute Gasteiger partial charge is 0.350 e. The van der Waals surface area contributed by atoms with Crippen LogP contribution in [-0.2, 0) is 23.0 Å². The number of carbonyl (C=O) groups is 2. The van der Waals surface area contributed by atoms with Crippen molar-refractivity contribution in [2.75, 3.05) is 11.9 Å². The summed E-state index contributed by atoms with van der Waals surface area (Å²) >= 11 is 1.27. The molecular weight excluding hydrogens is 388 g/mol. The van der Waals surface area contributed by atoms with Crippen molar-refractivity contribution in [1.82, 2.24) is 14.8 Å². The molecule has 0 spiro atoms. The highest BCUT2D eigenvalue weighted by Crippen LogP contribution is 2.28. The molecule has 0 saturated carbocycles. The minimum absolute atomic E-state index is 0.371. The van der Waals surface area contributed by atoms with Gasteiger partial charge in [0, 0.05) is 12.6 Å². The summed E-state index contributed by atoms with van der Waals surface area (Å²) in [4.78, 5) is 29.5. The molecule has 1 N–H and O–H groups in total. The van der Waals surface area contributed by atoms with E-state index in [0.717, 1.165) is 22.7 Å². The molecule has 0 aliphatic carbocycles. The third-order valence-electron chi connectivity index (χ3n) is 4.70. The van der Waals surface area contributed by atoms with Crippen molar-refractivity contribution in [3.8, 4) is 10.6 Å². The SMILES string of the molecule is CCc1ccc(-c2nc(C)c(C(=O)OCC(=O)Nc3c(C)nn(C)c3C)s2)cc1. The van der Waals surface area contributed by atoms with Crippen LogP contribution in [0.2, 0.25) is 0 Å². The maximum atomic E-state index is 12.5. The van der Waals surface area contributed by atoms with Gasteiger partial charge >= 0.3 is 5.97 Å². The zero-order chi connectivity index (χ0) is 21.1. The molecule has 0 aliphatic rings. The van der Waals surface area contributed by atoms with Gasteiger partial charge in [-0.05, 0) is 32.8 Å². The second-order valence-corrected chi connectivity index (χ2v) is 7.78. The van der Waals surface area contributed by atoms with Gasteiger partial charge in [-0.25, -0.2) is 9.78 Å². The lowest BCUT2D eigenvalue weighted by atomic mass is 10.1. The van der Waals surface area contributed by atoms with Gasteiger partial charge in [-0.3, -0.25) is 9.48 Å². The number of nitrogens with zero attached hydrogens (tertiary/aromatic N) is 3. The maximum absolute atomic E-state index is 12.5. The predicted molar refractivity (Wildman–Crippen MR) is 113 cm³/mol. The minimum atomic E-state index is -0.550. The number of benzene rings is 1. The fraction of sp³-hybridized carbons (Fsp3) is 0.333. The summed E-state index contributed by atoms with van der Waals surface area (Å²) in [6.07, 6.45) is 0.967. The monoisotopic (exact) mass is 412 g/mol. The molecule has 0 radical (unpaired) electrons.